The predicted octanol–water partition coefficient (Wildman–Crippen LogP) is 4.75. The molecule has 0 atom stereocenters. The monoisotopic (exact) mass is 497 g/mol. The van der Waals surface area contributed by atoms with Crippen LogP contribution in [0.4, 0.5) is 5.69 Å². The SMILES string of the molecule is COc1ccccc1NC(=O)COc1ccc(/C=N\NC(=O)CSCc2ccc(Cl)cc2)cc1. The number of ether oxygens (including phenoxy) is 2. The third-order valence-corrected chi connectivity index (χ3v) is 5.70. The lowest BCUT2D eigenvalue weighted by molar-refractivity contribution is -0.119. The topological polar surface area (TPSA) is 89.0 Å². The van der Waals surface area contributed by atoms with Gasteiger partial charge in [0.1, 0.15) is 11.5 Å². The van der Waals surface area contributed by atoms with Crippen molar-refractivity contribution in [2.75, 3.05) is 24.8 Å². The second-order valence-corrected chi connectivity index (χ2v) is 8.44. The molecule has 3 aromatic carbocycles. The highest BCUT2D eigenvalue weighted by molar-refractivity contribution is 7.99. The van der Waals surface area contributed by atoms with E-state index in [1.165, 1.54) is 11.8 Å². The zero-order chi connectivity index (χ0) is 24.2. The fourth-order valence-electron chi connectivity index (χ4n) is 2.79. The molecular weight excluding hydrogens is 474 g/mol. The minimum atomic E-state index is -0.299. The Morgan fingerprint density at radius 2 is 1.74 bits per heavy atom. The number of methoxy groups -OCH3 is 1. The molecule has 0 saturated heterocycles. The number of hydrogen-bond donors (Lipinski definition) is 2. The van der Waals surface area contributed by atoms with Crippen LogP contribution < -0.4 is 20.2 Å². The predicted molar refractivity (Wildman–Crippen MR) is 137 cm³/mol. The average molecular weight is 498 g/mol. The largest absolute Gasteiger partial charge is 0.495 e. The van der Waals surface area contributed by atoms with E-state index >= 15 is 0 Å². The van der Waals surface area contributed by atoms with Gasteiger partial charge in [-0.3, -0.25) is 9.59 Å². The van der Waals surface area contributed by atoms with Crippen LogP contribution in [0.25, 0.3) is 0 Å². The van der Waals surface area contributed by atoms with E-state index in [1.54, 1.807) is 49.7 Å². The minimum Gasteiger partial charge on any atom is -0.495 e. The highest BCUT2D eigenvalue weighted by Crippen LogP contribution is 2.23. The van der Waals surface area contributed by atoms with Crippen molar-refractivity contribution in [3.05, 3.63) is 88.9 Å². The van der Waals surface area contributed by atoms with E-state index in [0.717, 1.165) is 11.1 Å². The fourth-order valence-corrected chi connectivity index (χ4v) is 3.69. The Balaban J connectivity index is 1.37. The third-order valence-electron chi connectivity index (χ3n) is 4.45. The molecule has 3 aromatic rings. The van der Waals surface area contributed by atoms with Crippen molar-refractivity contribution < 1.29 is 19.1 Å². The first kappa shape index (κ1) is 25.1. The number of carbonyl (C=O) groups is 2. The van der Waals surface area contributed by atoms with Crippen LogP contribution in [0, 0.1) is 0 Å². The number of thioether (sulfide) groups is 1. The van der Waals surface area contributed by atoms with E-state index in [0.29, 0.717) is 33.7 Å². The Kier molecular flexibility index (Phi) is 9.81. The van der Waals surface area contributed by atoms with Crippen LogP contribution in [0.2, 0.25) is 5.02 Å². The van der Waals surface area contributed by atoms with Crippen LogP contribution in [0.1, 0.15) is 11.1 Å². The summed E-state index contributed by atoms with van der Waals surface area (Å²) in [6.07, 6.45) is 1.54. The van der Waals surface area contributed by atoms with Crippen LogP contribution in [-0.2, 0) is 15.3 Å². The second kappa shape index (κ2) is 13.3. The number of nitrogens with zero attached hydrogens (tertiary/aromatic N) is 1. The van der Waals surface area contributed by atoms with E-state index in [-0.39, 0.29) is 18.4 Å². The Labute approximate surface area is 207 Å². The van der Waals surface area contributed by atoms with Crippen LogP contribution in [0.15, 0.2) is 77.9 Å². The van der Waals surface area contributed by atoms with Gasteiger partial charge in [0.2, 0.25) is 5.91 Å². The Hall–Kier alpha value is -3.49. The second-order valence-electron chi connectivity index (χ2n) is 7.02. The van der Waals surface area contributed by atoms with Gasteiger partial charge < -0.3 is 14.8 Å². The van der Waals surface area contributed by atoms with Crippen molar-refractivity contribution >= 4 is 47.1 Å². The zero-order valence-electron chi connectivity index (χ0n) is 18.5. The molecule has 0 aliphatic heterocycles. The number of carbonyl (C=O) groups excluding carboxylic acids is 2. The highest BCUT2D eigenvalue weighted by atomic mass is 35.5. The summed E-state index contributed by atoms with van der Waals surface area (Å²) in [6.45, 7) is -0.144. The minimum absolute atomic E-state index is 0.144. The first-order valence-corrected chi connectivity index (χ1v) is 11.9. The first-order valence-electron chi connectivity index (χ1n) is 10.3. The molecule has 0 bridgehead atoms. The molecule has 3 rings (SSSR count). The van der Waals surface area contributed by atoms with Crippen molar-refractivity contribution in [3.8, 4) is 11.5 Å². The summed E-state index contributed by atoms with van der Waals surface area (Å²) in [4.78, 5) is 24.1. The van der Waals surface area contributed by atoms with Gasteiger partial charge in [0.15, 0.2) is 6.61 Å². The number of hydrogen-bond acceptors (Lipinski definition) is 6. The number of benzene rings is 3. The number of nitrogens with one attached hydrogen (secondary N) is 2. The van der Waals surface area contributed by atoms with E-state index < -0.39 is 0 Å². The summed E-state index contributed by atoms with van der Waals surface area (Å²) in [5.74, 6) is 1.64. The highest BCUT2D eigenvalue weighted by Gasteiger charge is 2.07. The average Bonchev–Trinajstić information content (AvgIpc) is 2.85. The van der Waals surface area contributed by atoms with Crippen molar-refractivity contribution in [1.82, 2.24) is 5.43 Å². The molecule has 0 heterocycles. The molecule has 0 aliphatic rings. The van der Waals surface area contributed by atoms with Crippen molar-refractivity contribution in [2.45, 2.75) is 5.75 Å². The van der Waals surface area contributed by atoms with Crippen molar-refractivity contribution in [2.24, 2.45) is 5.10 Å². The Bertz CT molecular complexity index is 1120. The summed E-state index contributed by atoms with van der Waals surface area (Å²) in [7, 11) is 1.54. The smallest absolute Gasteiger partial charge is 0.262 e. The number of hydrazone groups is 1. The van der Waals surface area contributed by atoms with Gasteiger partial charge >= 0.3 is 0 Å². The van der Waals surface area contributed by atoms with E-state index in [1.807, 2.05) is 36.4 Å². The number of para-hydroxylation sites is 2. The van der Waals surface area contributed by atoms with Crippen LogP contribution in [0.5, 0.6) is 11.5 Å². The molecule has 0 unspecified atom stereocenters. The van der Waals surface area contributed by atoms with Gasteiger partial charge in [0.05, 0.1) is 24.8 Å². The molecule has 0 saturated carbocycles. The number of halogens is 1. The summed E-state index contributed by atoms with van der Waals surface area (Å²) >= 11 is 7.36. The molecule has 0 radical (unpaired) electrons. The molecule has 2 N–H and O–H groups in total. The van der Waals surface area contributed by atoms with Crippen LogP contribution >= 0.6 is 23.4 Å². The number of anilines is 1. The lowest BCUT2D eigenvalue weighted by Gasteiger charge is -2.10. The lowest BCUT2D eigenvalue weighted by Crippen LogP contribution is -2.20. The van der Waals surface area contributed by atoms with Crippen molar-refractivity contribution in [1.29, 1.82) is 0 Å². The molecule has 2 amide bonds. The van der Waals surface area contributed by atoms with Gasteiger partial charge in [0, 0.05) is 10.8 Å². The molecule has 0 aromatic heterocycles. The molecule has 7 nitrogen and oxygen atoms in total. The maximum Gasteiger partial charge on any atom is 0.262 e. The standard InChI is InChI=1S/C25H24ClN3O4S/c1-32-23-5-3-2-4-22(23)28-24(30)15-33-21-12-8-18(9-13-21)14-27-29-25(31)17-34-16-19-6-10-20(26)11-7-19/h2-14H,15-17H2,1H3,(H,28,30)(H,29,31)/b27-14-. The summed E-state index contributed by atoms with van der Waals surface area (Å²) in [5, 5.41) is 7.41. The molecular formula is C25H24ClN3O4S. The summed E-state index contributed by atoms with van der Waals surface area (Å²) in [5.41, 5.74) is 4.97. The third kappa shape index (κ3) is 8.46. The molecule has 0 fully saturated rings. The Morgan fingerprint density at radius 1 is 1.00 bits per heavy atom. The van der Waals surface area contributed by atoms with Gasteiger partial charge in [-0.1, -0.05) is 35.9 Å². The van der Waals surface area contributed by atoms with Crippen molar-refractivity contribution in [3.63, 3.8) is 0 Å². The first-order chi connectivity index (χ1) is 16.5. The van der Waals surface area contributed by atoms with Gasteiger partial charge in [0.25, 0.3) is 5.91 Å². The van der Waals surface area contributed by atoms with Gasteiger partial charge in [-0.2, -0.15) is 5.10 Å². The van der Waals surface area contributed by atoms with E-state index in [4.69, 9.17) is 21.1 Å². The maximum atomic E-state index is 12.1. The lowest BCUT2D eigenvalue weighted by atomic mass is 10.2. The molecule has 0 aliphatic carbocycles. The van der Waals surface area contributed by atoms with E-state index in [9.17, 15) is 9.59 Å². The van der Waals surface area contributed by atoms with Gasteiger partial charge in [-0.25, -0.2) is 5.43 Å². The fraction of sp³-hybridized carbons (Fsp3) is 0.160. The summed E-state index contributed by atoms with van der Waals surface area (Å²) < 4.78 is 10.7. The van der Waals surface area contributed by atoms with Crippen LogP contribution in [0.3, 0.4) is 0 Å². The van der Waals surface area contributed by atoms with E-state index in [2.05, 4.69) is 15.8 Å². The number of rotatable bonds is 11. The van der Waals surface area contributed by atoms with Gasteiger partial charge in [-0.05, 0) is 59.7 Å². The zero-order valence-corrected chi connectivity index (χ0v) is 20.1. The van der Waals surface area contributed by atoms with Crippen LogP contribution in [-0.4, -0.2) is 37.5 Å². The Morgan fingerprint density at radius 3 is 2.47 bits per heavy atom. The van der Waals surface area contributed by atoms with Gasteiger partial charge in [-0.15, -0.1) is 11.8 Å². The molecule has 176 valence electrons. The molecule has 0 spiro atoms. The molecule has 34 heavy (non-hydrogen) atoms. The summed E-state index contributed by atoms with van der Waals surface area (Å²) in [6, 6.07) is 21.7. The molecule has 9 heteroatoms. The quantitative estimate of drug-likeness (QED) is 0.295. The number of amides is 2. The maximum absolute atomic E-state index is 12.1. The normalized spacial score (nSPS) is 10.6.